The van der Waals surface area contributed by atoms with Gasteiger partial charge in [-0.05, 0) is 0 Å². The quantitative estimate of drug-likeness (QED) is 0.886. The van der Waals surface area contributed by atoms with Gasteiger partial charge in [0.2, 0.25) is 0 Å². The Labute approximate surface area is 100 Å². The van der Waals surface area contributed by atoms with Gasteiger partial charge in [-0.1, -0.05) is 0 Å². The molecule has 0 spiro atoms. The Balaban J connectivity index is 2.38. The van der Waals surface area contributed by atoms with Crippen LogP contribution in [0.3, 0.4) is 0 Å². The number of alkyl halides is 3. The predicted octanol–water partition coefficient (Wildman–Crippen LogP) is 1.56. The van der Waals surface area contributed by atoms with Crippen LogP contribution in [-0.2, 0) is 13.5 Å². The molecule has 0 aliphatic heterocycles. The Morgan fingerprint density at radius 3 is 2.61 bits per heavy atom. The van der Waals surface area contributed by atoms with Gasteiger partial charge in [0.15, 0.2) is 0 Å². The molecule has 0 bridgehead atoms. The van der Waals surface area contributed by atoms with Crippen molar-refractivity contribution in [3.8, 4) is 11.3 Å². The first-order chi connectivity index (χ1) is 8.33. The SMILES string of the molecule is Cn1cc(-c2cc(N)nc(CC(F)(F)F)n2)cn1. The summed E-state index contributed by atoms with van der Waals surface area (Å²) >= 11 is 0. The van der Waals surface area contributed by atoms with Gasteiger partial charge in [0, 0.05) is 24.9 Å². The monoisotopic (exact) mass is 257 g/mol. The van der Waals surface area contributed by atoms with E-state index in [1.807, 2.05) is 0 Å². The van der Waals surface area contributed by atoms with E-state index in [2.05, 4.69) is 15.1 Å². The minimum atomic E-state index is -4.36. The lowest BCUT2D eigenvalue weighted by molar-refractivity contribution is -0.128. The minimum Gasteiger partial charge on any atom is -0.384 e. The Morgan fingerprint density at radius 2 is 2.06 bits per heavy atom. The molecule has 0 fully saturated rings. The van der Waals surface area contributed by atoms with Gasteiger partial charge in [0.25, 0.3) is 0 Å². The number of hydrogen-bond donors (Lipinski definition) is 1. The Bertz CT molecular complexity index is 561. The van der Waals surface area contributed by atoms with Crippen molar-refractivity contribution in [3.05, 3.63) is 24.3 Å². The molecule has 8 heteroatoms. The van der Waals surface area contributed by atoms with E-state index in [-0.39, 0.29) is 11.6 Å². The van der Waals surface area contributed by atoms with Crippen molar-refractivity contribution in [1.29, 1.82) is 0 Å². The highest BCUT2D eigenvalue weighted by atomic mass is 19.4. The second-order valence-electron chi connectivity index (χ2n) is 3.79. The van der Waals surface area contributed by atoms with Gasteiger partial charge in [0.05, 0.1) is 11.9 Å². The van der Waals surface area contributed by atoms with Crippen LogP contribution in [0.25, 0.3) is 11.3 Å². The number of nitrogens with two attached hydrogens (primary N) is 1. The third kappa shape index (κ3) is 2.96. The molecule has 2 heterocycles. The molecule has 5 nitrogen and oxygen atoms in total. The fraction of sp³-hybridized carbons (Fsp3) is 0.300. The van der Waals surface area contributed by atoms with E-state index >= 15 is 0 Å². The fourth-order valence-electron chi connectivity index (χ4n) is 1.48. The number of aryl methyl sites for hydroxylation is 1. The van der Waals surface area contributed by atoms with Gasteiger partial charge >= 0.3 is 6.18 Å². The molecule has 96 valence electrons. The first-order valence-electron chi connectivity index (χ1n) is 5.03. The molecular weight excluding hydrogens is 247 g/mol. The molecule has 0 aromatic carbocycles. The number of anilines is 1. The van der Waals surface area contributed by atoms with Crippen molar-refractivity contribution in [2.24, 2.45) is 7.05 Å². The number of hydrogen-bond acceptors (Lipinski definition) is 4. The topological polar surface area (TPSA) is 69.6 Å². The van der Waals surface area contributed by atoms with Gasteiger partial charge in [-0.3, -0.25) is 4.68 Å². The Kier molecular flexibility index (Phi) is 2.93. The second-order valence-corrected chi connectivity index (χ2v) is 3.79. The smallest absolute Gasteiger partial charge is 0.384 e. The van der Waals surface area contributed by atoms with Crippen molar-refractivity contribution in [1.82, 2.24) is 19.7 Å². The molecule has 2 aromatic rings. The second kappa shape index (κ2) is 4.28. The molecule has 2 rings (SSSR count). The van der Waals surface area contributed by atoms with Crippen LogP contribution >= 0.6 is 0 Å². The van der Waals surface area contributed by atoms with Gasteiger partial charge in [-0.25, -0.2) is 9.97 Å². The molecule has 0 aliphatic carbocycles. The third-order valence-corrected chi connectivity index (χ3v) is 2.15. The molecule has 0 amide bonds. The van der Waals surface area contributed by atoms with Crippen LogP contribution < -0.4 is 5.73 Å². The molecule has 0 unspecified atom stereocenters. The summed E-state index contributed by atoms with van der Waals surface area (Å²) < 4.78 is 38.3. The van der Waals surface area contributed by atoms with E-state index in [9.17, 15) is 13.2 Å². The fourth-order valence-corrected chi connectivity index (χ4v) is 1.48. The van der Waals surface area contributed by atoms with Gasteiger partial charge in [-0.15, -0.1) is 0 Å². The summed E-state index contributed by atoms with van der Waals surface area (Å²) in [6.45, 7) is 0. The lowest BCUT2D eigenvalue weighted by Crippen LogP contribution is -2.15. The molecule has 0 atom stereocenters. The Hall–Kier alpha value is -2.12. The number of nitrogens with zero attached hydrogens (tertiary/aromatic N) is 4. The highest BCUT2D eigenvalue weighted by molar-refractivity contribution is 5.60. The summed E-state index contributed by atoms with van der Waals surface area (Å²) in [5.74, 6) is -0.343. The maximum atomic E-state index is 12.3. The predicted molar refractivity (Wildman–Crippen MR) is 58.4 cm³/mol. The van der Waals surface area contributed by atoms with Crippen LogP contribution in [0.4, 0.5) is 19.0 Å². The lowest BCUT2D eigenvalue weighted by atomic mass is 10.2. The largest absolute Gasteiger partial charge is 0.396 e. The zero-order valence-corrected chi connectivity index (χ0v) is 9.44. The summed E-state index contributed by atoms with van der Waals surface area (Å²) in [4.78, 5) is 7.41. The first kappa shape index (κ1) is 12.3. The average molecular weight is 257 g/mol. The molecule has 0 radical (unpaired) electrons. The van der Waals surface area contributed by atoms with E-state index in [1.165, 1.54) is 16.9 Å². The minimum absolute atomic E-state index is 0.00287. The first-order valence-corrected chi connectivity index (χ1v) is 5.03. The van der Waals surface area contributed by atoms with E-state index < -0.39 is 12.6 Å². The summed E-state index contributed by atoms with van der Waals surface area (Å²) in [5, 5.41) is 3.92. The normalized spacial score (nSPS) is 11.8. The number of nitrogen functional groups attached to an aromatic ring is 1. The number of halogens is 3. The molecular formula is C10H10F3N5. The molecule has 2 aromatic heterocycles. The van der Waals surface area contributed by atoms with Crippen molar-refractivity contribution in [2.45, 2.75) is 12.6 Å². The van der Waals surface area contributed by atoms with Crippen LogP contribution in [0.5, 0.6) is 0 Å². The highest BCUT2D eigenvalue weighted by Gasteiger charge is 2.29. The highest BCUT2D eigenvalue weighted by Crippen LogP contribution is 2.23. The van der Waals surface area contributed by atoms with E-state index in [0.29, 0.717) is 11.3 Å². The van der Waals surface area contributed by atoms with Crippen LogP contribution in [0.15, 0.2) is 18.5 Å². The zero-order valence-electron chi connectivity index (χ0n) is 9.44. The third-order valence-electron chi connectivity index (χ3n) is 2.15. The van der Waals surface area contributed by atoms with Crippen LogP contribution in [-0.4, -0.2) is 25.9 Å². The van der Waals surface area contributed by atoms with Crippen LogP contribution in [0, 0.1) is 0 Å². The molecule has 18 heavy (non-hydrogen) atoms. The van der Waals surface area contributed by atoms with Crippen LogP contribution in [0.1, 0.15) is 5.82 Å². The maximum absolute atomic E-state index is 12.3. The number of rotatable bonds is 2. The zero-order chi connectivity index (χ0) is 13.3. The Morgan fingerprint density at radius 1 is 1.33 bits per heavy atom. The van der Waals surface area contributed by atoms with E-state index in [0.717, 1.165) is 0 Å². The van der Waals surface area contributed by atoms with Crippen LogP contribution in [0.2, 0.25) is 0 Å². The van der Waals surface area contributed by atoms with Gasteiger partial charge in [-0.2, -0.15) is 18.3 Å². The van der Waals surface area contributed by atoms with Gasteiger partial charge in [0.1, 0.15) is 18.1 Å². The maximum Gasteiger partial charge on any atom is 0.396 e. The summed E-state index contributed by atoms with van der Waals surface area (Å²) in [5.41, 5.74) is 6.40. The van der Waals surface area contributed by atoms with Crippen molar-refractivity contribution in [3.63, 3.8) is 0 Å². The van der Waals surface area contributed by atoms with Gasteiger partial charge < -0.3 is 5.73 Å². The lowest BCUT2D eigenvalue weighted by Gasteiger charge is -2.07. The summed E-state index contributed by atoms with van der Waals surface area (Å²) in [7, 11) is 1.70. The standard InChI is InChI=1S/C10H10F3N5/c1-18-5-6(4-15-18)7-2-8(14)17-9(16-7)3-10(11,12)13/h2,4-5H,3H2,1H3,(H2,14,16,17). The molecule has 0 saturated heterocycles. The van der Waals surface area contributed by atoms with E-state index in [1.54, 1.807) is 13.2 Å². The van der Waals surface area contributed by atoms with E-state index in [4.69, 9.17) is 5.73 Å². The molecule has 0 aliphatic rings. The summed E-state index contributed by atoms with van der Waals surface area (Å²) in [6, 6.07) is 1.41. The molecule has 0 saturated carbocycles. The van der Waals surface area contributed by atoms with Crippen molar-refractivity contribution >= 4 is 5.82 Å². The average Bonchev–Trinajstić information content (AvgIpc) is 2.61. The summed E-state index contributed by atoms with van der Waals surface area (Å²) in [6.07, 6.45) is -2.43. The molecule has 2 N–H and O–H groups in total. The number of aromatic nitrogens is 4. The van der Waals surface area contributed by atoms with Crippen molar-refractivity contribution < 1.29 is 13.2 Å². The van der Waals surface area contributed by atoms with Crippen molar-refractivity contribution in [2.75, 3.05) is 5.73 Å².